The van der Waals surface area contributed by atoms with Crippen molar-refractivity contribution in [2.45, 2.75) is 4.90 Å². The number of aromatic hydroxyl groups is 1. The number of phenols is 1. The number of nitro groups is 2. The number of phenolic OH excluding ortho intramolecular Hbond substituents is 1. The molecule has 0 fully saturated rings. The SMILES string of the molecule is O=C1c2c(O)ccc([N+](=O)[O-])c2C(=O)c2c(S(=O)(=O)[O-])ccc([N+](=O)[O-])c21. The Kier molecular flexibility index (Phi) is 3.79. The molecule has 0 bridgehead atoms. The number of carbonyl (C=O) groups excluding carboxylic acids is 2. The van der Waals surface area contributed by atoms with Crippen molar-refractivity contribution in [2.24, 2.45) is 0 Å². The number of benzene rings is 2. The highest BCUT2D eigenvalue weighted by molar-refractivity contribution is 7.85. The third kappa shape index (κ3) is 2.52. The Morgan fingerprint density at radius 1 is 0.778 bits per heavy atom. The van der Waals surface area contributed by atoms with Crippen LogP contribution in [0.5, 0.6) is 5.75 Å². The first-order chi connectivity index (χ1) is 12.5. The number of ketones is 2. The molecule has 138 valence electrons. The van der Waals surface area contributed by atoms with Crippen molar-refractivity contribution in [2.75, 3.05) is 0 Å². The lowest BCUT2D eigenvalue weighted by atomic mass is 9.82. The van der Waals surface area contributed by atoms with Gasteiger partial charge in [0.05, 0.1) is 25.9 Å². The van der Waals surface area contributed by atoms with E-state index in [2.05, 4.69) is 0 Å². The van der Waals surface area contributed by atoms with Crippen molar-refractivity contribution < 1.29 is 37.5 Å². The smallest absolute Gasteiger partial charge is 0.281 e. The molecule has 12 nitrogen and oxygen atoms in total. The molecule has 13 heteroatoms. The Balaban J connectivity index is 2.55. The van der Waals surface area contributed by atoms with Crippen LogP contribution in [0.1, 0.15) is 31.8 Å². The van der Waals surface area contributed by atoms with Gasteiger partial charge in [-0.1, -0.05) is 0 Å². The summed E-state index contributed by atoms with van der Waals surface area (Å²) in [5, 5.41) is 32.3. The lowest BCUT2D eigenvalue weighted by molar-refractivity contribution is -0.385. The average Bonchev–Trinajstić information content (AvgIpc) is 2.56. The predicted molar refractivity (Wildman–Crippen MR) is 82.7 cm³/mol. The second-order valence-electron chi connectivity index (χ2n) is 5.31. The molecule has 0 spiro atoms. The summed E-state index contributed by atoms with van der Waals surface area (Å²) in [6, 6.07) is 2.47. The minimum Gasteiger partial charge on any atom is -0.744 e. The average molecular weight is 393 g/mol. The topological polar surface area (TPSA) is 198 Å². The number of fused-ring (bicyclic) bond motifs is 2. The van der Waals surface area contributed by atoms with Crippen LogP contribution in [0, 0.1) is 20.2 Å². The number of nitro benzene ring substituents is 2. The Hall–Kier alpha value is -3.71. The van der Waals surface area contributed by atoms with Crippen LogP contribution in [0.4, 0.5) is 11.4 Å². The molecule has 0 heterocycles. The maximum absolute atomic E-state index is 12.8. The molecule has 1 aliphatic rings. The van der Waals surface area contributed by atoms with Gasteiger partial charge < -0.3 is 9.66 Å². The van der Waals surface area contributed by atoms with Gasteiger partial charge in [0.1, 0.15) is 27.0 Å². The van der Waals surface area contributed by atoms with Crippen LogP contribution in [-0.4, -0.2) is 39.5 Å². The fraction of sp³-hybridized carbons (Fsp3) is 0. The van der Waals surface area contributed by atoms with E-state index < -0.39 is 75.8 Å². The van der Waals surface area contributed by atoms with Crippen molar-refractivity contribution in [1.29, 1.82) is 0 Å². The zero-order valence-corrected chi connectivity index (χ0v) is 13.6. The highest BCUT2D eigenvalue weighted by Crippen LogP contribution is 2.42. The summed E-state index contributed by atoms with van der Waals surface area (Å²) in [5.74, 6) is -3.73. The summed E-state index contributed by atoms with van der Waals surface area (Å²) in [5.41, 5.74) is -5.94. The van der Waals surface area contributed by atoms with Gasteiger partial charge in [-0.15, -0.1) is 0 Å². The molecule has 2 aromatic rings. The molecule has 0 saturated carbocycles. The molecular weight excluding hydrogens is 388 g/mol. The van der Waals surface area contributed by atoms with Gasteiger partial charge in [-0.2, -0.15) is 0 Å². The van der Waals surface area contributed by atoms with E-state index in [1.165, 1.54) is 0 Å². The maximum atomic E-state index is 12.8. The maximum Gasteiger partial charge on any atom is 0.281 e. The van der Waals surface area contributed by atoms with Gasteiger partial charge in [-0.25, -0.2) is 8.42 Å². The molecule has 0 saturated heterocycles. The van der Waals surface area contributed by atoms with Crippen LogP contribution in [0.2, 0.25) is 0 Å². The van der Waals surface area contributed by atoms with Gasteiger partial charge in [0.2, 0.25) is 11.6 Å². The van der Waals surface area contributed by atoms with Gasteiger partial charge in [-0.3, -0.25) is 29.8 Å². The van der Waals surface area contributed by atoms with E-state index in [4.69, 9.17) is 0 Å². The lowest BCUT2D eigenvalue weighted by Gasteiger charge is -2.21. The van der Waals surface area contributed by atoms with E-state index in [9.17, 15) is 47.9 Å². The fourth-order valence-electron chi connectivity index (χ4n) is 2.83. The zero-order chi connectivity index (χ0) is 20.3. The third-order valence-corrected chi connectivity index (χ3v) is 4.76. The van der Waals surface area contributed by atoms with Gasteiger partial charge in [0, 0.05) is 12.1 Å². The number of carbonyl (C=O) groups is 2. The van der Waals surface area contributed by atoms with E-state index in [0.717, 1.165) is 6.07 Å². The zero-order valence-electron chi connectivity index (χ0n) is 12.7. The van der Waals surface area contributed by atoms with Crippen molar-refractivity contribution in [1.82, 2.24) is 0 Å². The molecule has 1 N–H and O–H groups in total. The number of rotatable bonds is 3. The quantitative estimate of drug-likeness (QED) is 0.378. The molecule has 0 unspecified atom stereocenters. The molecule has 3 rings (SSSR count). The van der Waals surface area contributed by atoms with E-state index in [1.54, 1.807) is 0 Å². The normalized spacial score (nSPS) is 13.1. The predicted octanol–water partition coefficient (Wildman–Crippen LogP) is 0.888. The fourth-order valence-corrected chi connectivity index (χ4v) is 3.51. The van der Waals surface area contributed by atoms with Crippen molar-refractivity contribution in [3.05, 3.63) is 66.7 Å². The van der Waals surface area contributed by atoms with Crippen molar-refractivity contribution in [3.8, 4) is 5.75 Å². The van der Waals surface area contributed by atoms with Crippen LogP contribution >= 0.6 is 0 Å². The summed E-state index contributed by atoms with van der Waals surface area (Å²) in [6.45, 7) is 0. The largest absolute Gasteiger partial charge is 0.744 e. The van der Waals surface area contributed by atoms with Crippen LogP contribution in [0.3, 0.4) is 0 Å². The Bertz CT molecular complexity index is 1200. The van der Waals surface area contributed by atoms with Gasteiger partial charge in [-0.05, 0) is 12.1 Å². The van der Waals surface area contributed by atoms with Crippen LogP contribution < -0.4 is 0 Å². The summed E-state index contributed by atoms with van der Waals surface area (Å²) in [7, 11) is -5.37. The van der Waals surface area contributed by atoms with Gasteiger partial charge >= 0.3 is 0 Å². The first-order valence-electron chi connectivity index (χ1n) is 6.83. The Morgan fingerprint density at radius 2 is 1.22 bits per heavy atom. The van der Waals surface area contributed by atoms with Crippen molar-refractivity contribution >= 4 is 33.1 Å². The summed E-state index contributed by atoms with van der Waals surface area (Å²) in [6.07, 6.45) is 0. The molecule has 27 heavy (non-hydrogen) atoms. The molecule has 0 radical (unpaired) electrons. The Labute approximate surface area is 148 Å². The third-order valence-electron chi connectivity index (χ3n) is 3.88. The highest BCUT2D eigenvalue weighted by atomic mass is 32.2. The molecule has 2 aromatic carbocycles. The van der Waals surface area contributed by atoms with Crippen LogP contribution in [0.25, 0.3) is 0 Å². The minimum absolute atomic E-state index is 0.476. The molecule has 0 atom stereocenters. The summed E-state index contributed by atoms with van der Waals surface area (Å²) in [4.78, 5) is 44.5. The first-order valence-corrected chi connectivity index (χ1v) is 8.24. The monoisotopic (exact) mass is 393 g/mol. The van der Waals surface area contributed by atoms with Gasteiger partial charge in [0.15, 0.2) is 0 Å². The molecule has 1 aliphatic carbocycles. The van der Waals surface area contributed by atoms with E-state index in [-0.39, 0.29) is 0 Å². The van der Waals surface area contributed by atoms with Crippen LogP contribution in [-0.2, 0) is 10.1 Å². The number of hydrogen-bond acceptors (Lipinski definition) is 10. The van der Waals surface area contributed by atoms with Gasteiger partial charge in [0.25, 0.3) is 11.4 Å². The van der Waals surface area contributed by atoms with E-state index >= 15 is 0 Å². The summed E-state index contributed by atoms with van der Waals surface area (Å²) < 4.78 is 34.4. The number of hydrogen-bond donors (Lipinski definition) is 1. The Morgan fingerprint density at radius 3 is 1.70 bits per heavy atom. The van der Waals surface area contributed by atoms with Crippen molar-refractivity contribution in [3.63, 3.8) is 0 Å². The molecule has 0 aliphatic heterocycles. The lowest BCUT2D eigenvalue weighted by Crippen LogP contribution is -2.26. The number of nitrogens with zero attached hydrogens (tertiary/aromatic N) is 2. The second-order valence-corrected chi connectivity index (χ2v) is 6.66. The minimum atomic E-state index is -5.37. The van der Waals surface area contributed by atoms with E-state index in [1.807, 2.05) is 0 Å². The summed E-state index contributed by atoms with van der Waals surface area (Å²) >= 11 is 0. The van der Waals surface area contributed by atoms with E-state index in [0.29, 0.717) is 18.2 Å². The molecule has 0 aromatic heterocycles. The standard InChI is InChI=1S/C14H6N2O10S/c17-7-3-1-5(15(20)21)9-11(7)13(18)10-6(16(22)23)2-4-8(27(24,25)26)12(10)14(9)19/h1-4,17H,(H,24,25,26)/p-1. The molecule has 0 amide bonds. The first kappa shape index (κ1) is 18.1. The van der Waals surface area contributed by atoms with Crippen LogP contribution in [0.15, 0.2) is 29.2 Å². The highest BCUT2D eigenvalue weighted by Gasteiger charge is 2.43. The molecular formula is C14H5N2O10S-. The second kappa shape index (κ2) is 5.65.